The van der Waals surface area contributed by atoms with Crippen LogP contribution < -0.4 is 0 Å². The number of hydrogen-bond acceptors (Lipinski definition) is 4. The van der Waals surface area contributed by atoms with Crippen LogP contribution in [-0.4, -0.2) is 15.0 Å². The first-order chi connectivity index (χ1) is 23.3. The van der Waals surface area contributed by atoms with Crippen LogP contribution in [0.15, 0.2) is 150 Å². The highest BCUT2D eigenvalue weighted by Crippen LogP contribution is 2.60. The molecule has 10 rings (SSSR count). The molecule has 3 nitrogen and oxygen atoms in total. The molecule has 0 radical (unpaired) electrons. The highest BCUT2D eigenvalue weighted by Gasteiger charge is 2.39. The van der Waals surface area contributed by atoms with E-state index in [0.717, 1.165) is 16.7 Å². The van der Waals surface area contributed by atoms with Gasteiger partial charge in [0, 0.05) is 32.8 Å². The number of rotatable bonds is 3. The first kappa shape index (κ1) is 26.6. The third-order valence-electron chi connectivity index (χ3n) is 9.66. The van der Waals surface area contributed by atoms with Crippen LogP contribution >= 0.6 is 11.8 Å². The zero-order valence-electron chi connectivity index (χ0n) is 25.3. The van der Waals surface area contributed by atoms with Gasteiger partial charge < -0.3 is 0 Å². The molecular weight excluding hydrogens is 591 g/mol. The maximum absolute atomic E-state index is 5.22. The molecule has 1 aliphatic heterocycles. The Hall–Kier alpha value is -5.58. The summed E-state index contributed by atoms with van der Waals surface area (Å²) in [5, 5.41) is 7.80. The van der Waals surface area contributed by atoms with E-state index in [2.05, 4.69) is 133 Å². The summed E-state index contributed by atoms with van der Waals surface area (Å²) >= 11 is 1.97. The van der Waals surface area contributed by atoms with Crippen molar-refractivity contribution in [2.24, 2.45) is 0 Å². The second kappa shape index (κ2) is 10.5. The fourth-order valence-electron chi connectivity index (χ4n) is 7.46. The Bertz CT molecular complexity index is 2570. The van der Waals surface area contributed by atoms with Crippen molar-refractivity contribution >= 4 is 50.2 Å². The molecule has 1 aliphatic carbocycles. The lowest BCUT2D eigenvalue weighted by Gasteiger charge is -2.26. The number of aromatic nitrogens is 3. The van der Waals surface area contributed by atoms with Crippen molar-refractivity contribution in [1.82, 2.24) is 15.0 Å². The van der Waals surface area contributed by atoms with Crippen LogP contribution in [0.25, 0.3) is 72.6 Å². The van der Waals surface area contributed by atoms with Crippen LogP contribution in [0.1, 0.15) is 27.9 Å². The molecule has 7 aromatic carbocycles. The summed E-state index contributed by atoms with van der Waals surface area (Å²) in [7, 11) is 0. The van der Waals surface area contributed by atoms with Gasteiger partial charge in [-0.05, 0) is 61.1 Å². The standard InChI is InChI=1S/C43H27N3S/c1-2-11-29(12-3-1)41-44-42(31-22-23-33-30(25-31)20-18-26-9-4-6-13-32(26)33)46-43(45-41)36-15-8-16-37-39(36)35-24-21-28-19-17-27-10-5-7-14-34(27)38(28)40(35)47-37/h1-25,35,40H. The predicted molar refractivity (Wildman–Crippen MR) is 195 cm³/mol. The van der Waals surface area contributed by atoms with Crippen molar-refractivity contribution in [2.45, 2.75) is 16.1 Å². The largest absolute Gasteiger partial charge is 0.208 e. The Morgan fingerprint density at radius 3 is 2.02 bits per heavy atom. The van der Waals surface area contributed by atoms with E-state index in [1.165, 1.54) is 53.9 Å². The van der Waals surface area contributed by atoms with Crippen molar-refractivity contribution in [3.05, 3.63) is 162 Å². The molecule has 2 unspecified atom stereocenters. The van der Waals surface area contributed by atoms with Crippen molar-refractivity contribution in [2.75, 3.05) is 0 Å². The van der Waals surface area contributed by atoms with Crippen molar-refractivity contribution in [3.8, 4) is 34.2 Å². The predicted octanol–water partition coefficient (Wildman–Crippen LogP) is 11.3. The average Bonchev–Trinajstić information content (AvgIpc) is 3.54. The maximum Gasteiger partial charge on any atom is 0.164 e. The molecule has 4 heteroatoms. The fraction of sp³-hybridized carbons (Fsp3) is 0.0465. The molecule has 0 fully saturated rings. The summed E-state index contributed by atoms with van der Waals surface area (Å²) < 4.78 is 0. The normalized spacial score (nSPS) is 16.3. The van der Waals surface area contributed by atoms with Crippen LogP contribution in [0.4, 0.5) is 0 Å². The minimum absolute atomic E-state index is 0.221. The minimum Gasteiger partial charge on any atom is -0.208 e. The summed E-state index contributed by atoms with van der Waals surface area (Å²) in [4.78, 5) is 16.7. The first-order valence-electron chi connectivity index (χ1n) is 16.0. The van der Waals surface area contributed by atoms with Crippen LogP contribution in [0.3, 0.4) is 0 Å². The smallest absolute Gasteiger partial charge is 0.164 e. The van der Waals surface area contributed by atoms with Gasteiger partial charge in [-0.1, -0.05) is 140 Å². The van der Waals surface area contributed by atoms with E-state index in [9.17, 15) is 0 Å². The number of thioether (sulfide) groups is 1. The molecule has 0 saturated carbocycles. The van der Waals surface area contributed by atoms with Gasteiger partial charge in [0.05, 0.1) is 0 Å². The summed E-state index contributed by atoms with van der Waals surface area (Å²) in [6.07, 6.45) is 4.69. The van der Waals surface area contributed by atoms with Crippen molar-refractivity contribution in [3.63, 3.8) is 0 Å². The highest BCUT2D eigenvalue weighted by atomic mass is 32.2. The zero-order valence-corrected chi connectivity index (χ0v) is 26.2. The minimum atomic E-state index is 0.221. The van der Waals surface area contributed by atoms with E-state index >= 15 is 0 Å². The van der Waals surface area contributed by atoms with Crippen LogP contribution in [0.5, 0.6) is 0 Å². The Morgan fingerprint density at radius 1 is 0.468 bits per heavy atom. The lowest BCUT2D eigenvalue weighted by molar-refractivity contribution is 0.824. The molecule has 0 bridgehead atoms. The topological polar surface area (TPSA) is 38.7 Å². The van der Waals surface area contributed by atoms with Gasteiger partial charge in [-0.15, -0.1) is 11.8 Å². The Kier molecular flexibility index (Phi) is 5.94. The first-order valence-corrected chi connectivity index (χ1v) is 16.9. The third kappa shape index (κ3) is 4.25. The van der Waals surface area contributed by atoms with Gasteiger partial charge >= 0.3 is 0 Å². The van der Waals surface area contributed by atoms with Gasteiger partial charge in [0.15, 0.2) is 17.5 Å². The zero-order chi connectivity index (χ0) is 30.9. The molecule has 1 aromatic heterocycles. The SMILES string of the molecule is C1=CC2c3c(cccc3-c3nc(-c4ccccc4)nc(-c4ccc5c(ccc6ccccc65)c4)n3)SC2c2c1ccc1ccccc21. The Labute approximate surface area is 276 Å². The van der Waals surface area contributed by atoms with Crippen LogP contribution in [-0.2, 0) is 0 Å². The van der Waals surface area contributed by atoms with Gasteiger partial charge in [-0.25, -0.2) is 15.0 Å². The van der Waals surface area contributed by atoms with Gasteiger partial charge in [0.1, 0.15) is 0 Å². The molecule has 2 aliphatic rings. The second-order valence-electron chi connectivity index (χ2n) is 12.3. The van der Waals surface area contributed by atoms with Crippen molar-refractivity contribution in [1.29, 1.82) is 0 Å². The fourth-order valence-corrected chi connectivity index (χ4v) is 9.02. The molecular formula is C43H27N3S. The molecule has 2 atom stereocenters. The summed E-state index contributed by atoms with van der Waals surface area (Å²) in [6.45, 7) is 0. The Morgan fingerprint density at radius 2 is 1.15 bits per heavy atom. The van der Waals surface area contributed by atoms with E-state index in [-0.39, 0.29) is 5.92 Å². The number of allylic oxidation sites excluding steroid dienone is 1. The van der Waals surface area contributed by atoms with E-state index < -0.39 is 0 Å². The molecule has 0 N–H and O–H groups in total. The summed E-state index contributed by atoms with van der Waals surface area (Å²) in [5.74, 6) is 2.29. The molecule has 220 valence electrons. The van der Waals surface area contributed by atoms with E-state index in [1.54, 1.807) is 0 Å². The number of hydrogen-bond donors (Lipinski definition) is 0. The van der Waals surface area contributed by atoms with Crippen LogP contribution in [0, 0.1) is 0 Å². The quantitative estimate of drug-likeness (QED) is 0.185. The average molecular weight is 618 g/mol. The van der Waals surface area contributed by atoms with Gasteiger partial charge in [0.25, 0.3) is 0 Å². The molecule has 2 heterocycles. The maximum atomic E-state index is 5.22. The van der Waals surface area contributed by atoms with Gasteiger partial charge in [-0.3, -0.25) is 0 Å². The molecule has 47 heavy (non-hydrogen) atoms. The lowest BCUT2D eigenvalue weighted by Crippen LogP contribution is -2.09. The molecule has 0 amide bonds. The number of nitrogens with zero attached hydrogens (tertiary/aromatic N) is 3. The molecule has 0 spiro atoms. The number of benzene rings is 7. The van der Waals surface area contributed by atoms with Crippen LogP contribution in [0.2, 0.25) is 0 Å². The lowest BCUT2D eigenvalue weighted by atomic mass is 9.81. The van der Waals surface area contributed by atoms with Crippen molar-refractivity contribution < 1.29 is 0 Å². The van der Waals surface area contributed by atoms with Gasteiger partial charge in [-0.2, -0.15) is 0 Å². The highest BCUT2D eigenvalue weighted by molar-refractivity contribution is 8.00. The van der Waals surface area contributed by atoms with E-state index in [1.807, 2.05) is 30.0 Å². The monoisotopic (exact) mass is 617 g/mol. The molecule has 8 aromatic rings. The number of fused-ring (bicyclic) bond motifs is 10. The Balaban J connectivity index is 1.15. The summed E-state index contributed by atoms with van der Waals surface area (Å²) in [5.41, 5.74) is 7.06. The summed E-state index contributed by atoms with van der Waals surface area (Å²) in [6, 6.07) is 49.6. The molecule has 0 saturated heterocycles. The second-order valence-corrected chi connectivity index (χ2v) is 13.5. The van der Waals surface area contributed by atoms with Gasteiger partial charge in [0.2, 0.25) is 0 Å². The van der Waals surface area contributed by atoms with E-state index in [0.29, 0.717) is 22.7 Å². The third-order valence-corrected chi connectivity index (χ3v) is 11.1. The van der Waals surface area contributed by atoms with E-state index in [4.69, 9.17) is 15.0 Å².